The van der Waals surface area contributed by atoms with Gasteiger partial charge in [-0.3, -0.25) is 10.1 Å². The molecule has 0 saturated heterocycles. The number of phenols is 1. The van der Waals surface area contributed by atoms with Gasteiger partial charge in [0.2, 0.25) is 0 Å². The minimum absolute atomic E-state index is 0.0316. The van der Waals surface area contributed by atoms with E-state index < -0.39 is 18.0 Å². The highest BCUT2D eigenvalue weighted by Gasteiger charge is 2.11. The van der Waals surface area contributed by atoms with Crippen molar-refractivity contribution in [2.75, 3.05) is 31.6 Å². The Kier molecular flexibility index (Phi) is 14.5. The smallest absolute Gasteiger partial charge is 0.326 e. The number of hydrogen-bond donors (Lipinski definition) is 6. The van der Waals surface area contributed by atoms with E-state index in [0.717, 1.165) is 70.3 Å². The van der Waals surface area contributed by atoms with E-state index in [1.165, 1.54) is 6.07 Å². The molecule has 0 aliphatic heterocycles. The summed E-state index contributed by atoms with van der Waals surface area (Å²) in [5.41, 5.74) is 3.26. The van der Waals surface area contributed by atoms with Gasteiger partial charge in [-0.15, -0.1) is 0 Å². The highest BCUT2D eigenvalue weighted by Crippen LogP contribution is 2.22. The summed E-state index contributed by atoms with van der Waals surface area (Å²) in [7, 11) is 0. The number of amides is 3. The maximum Gasteiger partial charge on any atom is 0.326 e. The molecule has 9 heteroatoms. The van der Waals surface area contributed by atoms with E-state index in [4.69, 9.17) is 4.74 Å². The summed E-state index contributed by atoms with van der Waals surface area (Å²) in [6.07, 6.45) is 6.33. The highest BCUT2D eigenvalue weighted by atomic mass is 16.5. The summed E-state index contributed by atoms with van der Waals surface area (Å²) < 4.78 is 5.78. The van der Waals surface area contributed by atoms with Crippen LogP contribution in [0.4, 0.5) is 10.5 Å². The SMILES string of the molecule is O=C(NC(=O)c1ccccc1)Nc1cccc(CCCCOCCCCCCNC[C@@H](O)c2ccc(O)c(CO)c2)c1. The number of unbranched alkanes of at least 4 members (excludes halogenated alkanes) is 4. The van der Waals surface area contributed by atoms with Crippen molar-refractivity contribution in [3.63, 3.8) is 0 Å². The van der Waals surface area contributed by atoms with Gasteiger partial charge in [-0.05, 0) is 86.2 Å². The van der Waals surface area contributed by atoms with E-state index in [9.17, 15) is 24.9 Å². The number of benzene rings is 3. The first-order valence-electron chi connectivity index (χ1n) is 14.6. The molecule has 0 heterocycles. The molecule has 3 aromatic carbocycles. The molecule has 0 aliphatic rings. The zero-order valence-corrected chi connectivity index (χ0v) is 24.1. The van der Waals surface area contributed by atoms with Crippen LogP contribution < -0.4 is 16.0 Å². The third kappa shape index (κ3) is 12.0. The number of imide groups is 1. The Morgan fingerprint density at radius 1 is 0.833 bits per heavy atom. The molecule has 0 spiro atoms. The van der Waals surface area contributed by atoms with Crippen LogP contribution >= 0.6 is 0 Å². The lowest BCUT2D eigenvalue weighted by molar-refractivity contribution is 0.0967. The number of aromatic hydroxyl groups is 1. The fourth-order valence-electron chi connectivity index (χ4n) is 4.47. The fourth-order valence-corrected chi connectivity index (χ4v) is 4.47. The standard InChI is InChI=1S/C33H43N3O6/c37-24-28-22-27(16-17-30(28)38)31(39)23-34-18-7-1-2-8-19-42-20-9-6-11-25-12-10-15-29(21-25)35-33(41)36-32(40)26-13-4-3-5-14-26/h3-5,10,12-17,21-22,31,34,37-39H,1-2,6-9,11,18-20,23-24H2,(H2,35,36,40,41)/t31-/m1/s1. The number of aliphatic hydroxyl groups is 2. The van der Waals surface area contributed by atoms with E-state index in [1.807, 2.05) is 24.3 Å². The van der Waals surface area contributed by atoms with Crippen molar-refractivity contribution < 1.29 is 29.6 Å². The van der Waals surface area contributed by atoms with Crippen molar-refractivity contribution in [1.29, 1.82) is 0 Å². The Morgan fingerprint density at radius 3 is 2.38 bits per heavy atom. The molecule has 9 nitrogen and oxygen atoms in total. The molecule has 3 amide bonds. The summed E-state index contributed by atoms with van der Waals surface area (Å²) >= 11 is 0. The van der Waals surface area contributed by atoms with Gasteiger partial charge in [-0.25, -0.2) is 4.79 Å². The molecule has 0 aromatic heterocycles. The zero-order chi connectivity index (χ0) is 30.0. The van der Waals surface area contributed by atoms with Crippen molar-refractivity contribution in [3.8, 4) is 5.75 Å². The lowest BCUT2D eigenvalue weighted by Gasteiger charge is -2.14. The lowest BCUT2D eigenvalue weighted by Crippen LogP contribution is -2.34. The third-order valence-corrected chi connectivity index (χ3v) is 6.84. The first-order valence-corrected chi connectivity index (χ1v) is 14.6. The quantitative estimate of drug-likeness (QED) is 0.116. The number of rotatable bonds is 18. The number of ether oxygens (including phenoxy) is 1. The summed E-state index contributed by atoms with van der Waals surface area (Å²) in [5, 5.41) is 37.5. The second-order valence-corrected chi connectivity index (χ2v) is 10.2. The molecule has 3 rings (SSSR count). The molecule has 42 heavy (non-hydrogen) atoms. The van der Waals surface area contributed by atoms with Crippen LogP contribution in [0.15, 0.2) is 72.8 Å². The number of hydrogen-bond acceptors (Lipinski definition) is 7. The van der Waals surface area contributed by atoms with Gasteiger partial charge in [0.25, 0.3) is 5.91 Å². The Hall–Kier alpha value is -3.76. The normalized spacial score (nSPS) is 11.7. The number of anilines is 1. The number of nitrogens with one attached hydrogen (secondary N) is 3. The minimum atomic E-state index is -0.687. The highest BCUT2D eigenvalue weighted by molar-refractivity contribution is 6.07. The summed E-state index contributed by atoms with van der Waals surface area (Å²) in [4.78, 5) is 24.3. The predicted octanol–water partition coefficient (Wildman–Crippen LogP) is 5.07. The van der Waals surface area contributed by atoms with Crippen LogP contribution in [0.2, 0.25) is 0 Å². The van der Waals surface area contributed by atoms with Crippen molar-refractivity contribution in [2.45, 2.75) is 57.7 Å². The molecule has 1 atom stereocenters. The Morgan fingerprint density at radius 2 is 1.60 bits per heavy atom. The van der Waals surface area contributed by atoms with Gasteiger partial charge in [0.15, 0.2) is 0 Å². The Bertz CT molecular complexity index is 1240. The fraction of sp³-hybridized carbons (Fsp3) is 0.394. The Balaban J connectivity index is 1.17. The van der Waals surface area contributed by atoms with Gasteiger partial charge in [0.1, 0.15) is 5.75 Å². The van der Waals surface area contributed by atoms with Crippen LogP contribution in [0.25, 0.3) is 0 Å². The molecule has 0 radical (unpaired) electrons. The Labute approximate surface area is 247 Å². The average molecular weight is 578 g/mol. The number of carbonyl (C=O) groups is 2. The summed E-state index contributed by atoms with van der Waals surface area (Å²) in [6.45, 7) is 2.44. The predicted molar refractivity (Wildman–Crippen MR) is 163 cm³/mol. The van der Waals surface area contributed by atoms with Crippen LogP contribution in [0, 0.1) is 0 Å². The average Bonchev–Trinajstić information content (AvgIpc) is 3.00. The largest absolute Gasteiger partial charge is 0.508 e. The van der Waals surface area contributed by atoms with Gasteiger partial charge in [-0.1, -0.05) is 49.2 Å². The zero-order valence-electron chi connectivity index (χ0n) is 24.1. The van der Waals surface area contributed by atoms with E-state index in [2.05, 4.69) is 16.0 Å². The van der Waals surface area contributed by atoms with Gasteiger partial charge in [-0.2, -0.15) is 0 Å². The van der Waals surface area contributed by atoms with E-state index >= 15 is 0 Å². The van der Waals surface area contributed by atoms with Crippen LogP contribution in [0.1, 0.15) is 71.7 Å². The maximum absolute atomic E-state index is 12.2. The number of aryl methyl sites for hydroxylation is 1. The molecule has 0 fully saturated rings. The van der Waals surface area contributed by atoms with Crippen molar-refractivity contribution in [2.24, 2.45) is 0 Å². The van der Waals surface area contributed by atoms with Gasteiger partial charge >= 0.3 is 6.03 Å². The van der Waals surface area contributed by atoms with Crippen LogP contribution in [0.3, 0.4) is 0 Å². The summed E-state index contributed by atoms with van der Waals surface area (Å²) in [6, 6.07) is 20.5. The monoisotopic (exact) mass is 577 g/mol. The third-order valence-electron chi connectivity index (χ3n) is 6.84. The van der Waals surface area contributed by atoms with E-state index in [-0.39, 0.29) is 12.4 Å². The summed E-state index contributed by atoms with van der Waals surface area (Å²) in [5.74, 6) is -0.414. The van der Waals surface area contributed by atoms with Crippen LogP contribution in [0.5, 0.6) is 5.75 Å². The molecule has 0 saturated carbocycles. The van der Waals surface area contributed by atoms with Gasteiger partial charge in [0.05, 0.1) is 12.7 Å². The lowest BCUT2D eigenvalue weighted by atomic mass is 10.1. The molecule has 0 unspecified atom stereocenters. The maximum atomic E-state index is 12.2. The van der Waals surface area contributed by atoms with Crippen molar-refractivity contribution >= 4 is 17.6 Å². The second-order valence-electron chi connectivity index (χ2n) is 10.2. The van der Waals surface area contributed by atoms with Crippen LogP contribution in [-0.4, -0.2) is 53.6 Å². The molecule has 0 aliphatic carbocycles. The van der Waals surface area contributed by atoms with Crippen molar-refractivity contribution in [1.82, 2.24) is 10.6 Å². The van der Waals surface area contributed by atoms with Gasteiger partial charge in [0, 0.05) is 36.6 Å². The first-order chi connectivity index (χ1) is 20.5. The van der Waals surface area contributed by atoms with Crippen molar-refractivity contribution in [3.05, 3.63) is 95.1 Å². The first kappa shape index (κ1) is 32.8. The molecular formula is C33H43N3O6. The number of carbonyl (C=O) groups excluding carboxylic acids is 2. The number of urea groups is 1. The molecule has 0 bridgehead atoms. The topological polar surface area (TPSA) is 140 Å². The number of aliphatic hydroxyl groups excluding tert-OH is 2. The van der Waals surface area contributed by atoms with Crippen LogP contribution in [-0.2, 0) is 17.8 Å². The minimum Gasteiger partial charge on any atom is -0.508 e. The molecular weight excluding hydrogens is 534 g/mol. The molecule has 3 aromatic rings. The molecule has 226 valence electrons. The van der Waals surface area contributed by atoms with E-state index in [0.29, 0.717) is 28.9 Å². The van der Waals surface area contributed by atoms with Gasteiger partial charge < -0.3 is 30.7 Å². The van der Waals surface area contributed by atoms with E-state index in [1.54, 1.807) is 42.5 Å². The molecule has 6 N–H and O–H groups in total. The second kappa shape index (κ2) is 18.6.